The maximum atomic E-state index is 12.0. The van der Waals surface area contributed by atoms with Crippen molar-refractivity contribution in [3.05, 3.63) is 18.2 Å². The van der Waals surface area contributed by atoms with Crippen LogP contribution in [0.2, 0.25) is 0 Å². The summed E-state index contributed by atoms with van der Waals surface area (Å²) in [5, 5.41) is 8.88. The summed E-state index contributed by atoms with van der Waals surface area (Å²) in [5.41, 5.74) is 0. The van der Waals surface area contributed by atoms with Gasteiger partial charge in [-0.2, -0.15) is 0 Å². The number of aliphatic hydroxyl groups is 1. The van der Waals surface area contributed by atoms with Gasteiger partial charge in [-0.25, -0.2) is 13.1 Å². The first-order valence-electron chi connectivity index (χ1n) is 5.77. The summed E-state index contributed by atoms with van der Waals surface area (Å²) in [5.74, 6) is 0.667. The molecule has 0 saturated heterocycles. The van der Waals surface area contributed by atoms with E-state index in [4.69, 9.17) is 14.6 Å². The average Bonchev–Trinajstić information content (AvgIpc) is 2.43. The van der Waals surface area contributed by atoms with E-state index in [-0.39, 0.29) is 24.0 Å². The first-order chi connectivity index (χ1) is 8.94. The van der Waals surface area contributed by atoms with E-state index in [1.165, 1.54) is 32.4 Å². The van der Waals surface area contributed by atoms with Gasteiger partial charge in [0.2, 0.25) is 10.0 Å². The van der Waals surface area contributed by atoms with Crippen molar-refractivity contribution in [2.45, 2.75) is 11.8 Å². The Morgan fingerprint density at radius 2 is 1.89 bits per heavy atom. The van der Waals surface area contributed by atoms with Crippen molar-refractivity contribution in [2.24, 2.45) is 5.92 Å². The van der Waals surface area contributed by atoms with Gasteiger partial charge in [0, 0.05) is 19.2 Å². The predicted octanol–water partition coefficient (Wildman–Crippen LogP) is 0.610. The molecule has 19 heavy (non-hydrogen) atoms. The Labute approximate surface area is 113 Å². The minimum Gasteiger partial charge on any atom is -0.493 e. The monoisotopic (exact) mass is 289 g/mol. The predicted molar refractivity (Wildman–Crippen MR) is 71.0 cm³/mol. The number of ether oxygens (including phenoxy) is 2. The van der Waals surface area contributed by atoms with Gasteiger partial charge in [-0.3, -0.25) is 0 Å². The van der Waals surface area contributed by atoms with E-state index >= 15 is 0 Å². The zero-order valence-corrected chi connectivity index (χ0v) is 12.0. The van der Waals surface area contributed by atoms with E-state index in [9.17, 15) is 8.42 Å². The topological polar surface area (TPSA) is 84.9 Å². The molecule has 0 fully saturated rings. The maximum Gasteiger partial charge on any atom is 0.240 e. The second-order valence-corrected chi connectivity index (χ2v) is 5.92. The van der Waals surface area contributed by atoms with Crippen molar-refractivity contribution in [1.82, 2.24) is 4.72 Å². The standard InChI is InChI=1S/C12H19NO5S/c1-9(8-14)7-13-19(15,16)10-4-5-11(17-2)12(6-10)18-3/h4-6,9,13-14H,7-8H2,1-3H3. The molecule has 0 spiro atoms. The third kappa shape index (κ3) is 4.09. The minimum absolute atomic E-state index is 0.0749. The number of aliphatic hydroxyl groups excluding tert-OH is 1. The van der Waals surface area contributed by atoms with Crippen LogP contribution in [-0.4, -0.2) is 40.9 Å². The van der Waals surface area contributed by atoms with Crippen LogP contribution < -0.4 is 14.2 Å². The highest BCUT2D eigenvalue weighted by atomic mass is 32.2. The lowest BCUT2D eigenvalue weighted by atomic mass is 10.2. The molecule has 1 aromatic rings. The fourth-order valence-electron chi connectivity index (χ4n) is 1.38. The SMILES string of the molecule is COc1ccc(S(=O)(=O)NCC(C)CO)cc1OC. The third-order valence-electron chi connectivity index (χ3n) is 2.60. The van der Waals surface area contributed by atoms with E-state index in [1.54, 1.807) is 6.92 Å². The number of benzene rings is 1. The molecule has 0 aromatic heterocycles. The largest absolute Gasteiger partial charge is 0.493 e. The lowest BCUT2D eigenvalue weighted by molar-refractivity contribution is 0.238. The summed E-state index contributed by atoms with van der Waals surface area (Å²) < 4.78 is 36.6. The summed E-state index contributed by atoms with van der Waals surface area (Å²) >= 11 is 0. The zero-order valence-electron chi connectivity index (χ0n) is 11.2. The van der Waals surface area contributed by atoms with Gasteiger partial charge in [0.1, 0.15) is 0 Å². The first-order valence-corrected chi connectivity index (χ1v) is 7.25. The van der Waals surface area contributed by atoms with Crippen LogP contribution in [0.1, 0.15) is 6.92 Å². The molecule has 1 unspecified atom stereocenters. The van der Waals surface area contributed by atoms with Gasteiger partial charge in [-0.05, 0) is 18.1 Å². The molecular formula is C12H19NO5S. The van der Waals surface area contributed by atoms with Crippen LogP contribution >= 0.6 is 0 Å². The van der Waals surface area contributed by atoms with Crippen LogP contribution in [0.5, 0.6) is 11.5 Å². The molecule has 0 aliphatic rings. The van der Waals surface area contributed by atoms with Crippen LogP contribution in [0.15, 0.2) is 23.1 Å². The summed E-state index contributed by atoms with van der Waals surface area (Å²) in [6.07, 6.45) is 0. The fourth-order valence-corrected chi connectivity index (χ4v) is 2.56. The number of methoxy groups -OCH3 is 2. The van der Waals surface area contributed by atoms with Crippen molar-refractivity contribution in [2.75, 3.05) is 27.4 Å². The van der Waals surface area contributed by atoms with Crippen molar-refractivity contribution >= 4 is 10.0 Å². The number of rotatable bonds is 7. The van der Waals surface area contributed by atoms with Gasteiger partial charge in [0.15, 0.2) is 11.5 Å². The lowest BCUT2D eigenvalue weighted by Crippen LogP contribution is -2.29. The lowest BCUT2D eigenvalue weighted by Gasteiger charge is -2.12. The molecule has 6 nitrogen and oxygen atoms in total. The van der Waals surface area contributed by atoms with Crippen molar-refractivity contribution in [3.63, 3.8) is 0 Å². The number of nitrogens with one attached hydrogen (secondary N) is 1. The Bertz CT molecular complexity index is 515. The van der Waals surface area contributed by atoms with Crippen LogP contribution in [-0.2, 0) is 10.0 Å². The number of hydrogen-bond acceptors (Lipinski definition) is 5. The molecule has 1 atom stereocenters. The second kappa shape index (κ2) is 6.74. The van der Waals surface area contributed by atoms with Crippen LogP contribution in [0.4, 0.5) is 0 Å². The highest BCUT2D eigenvalue weighted by molar-refractivity contribution is 7.89. The molecule has 0 amide bonds. The summed E-state index contributed by atoms with van der Waals surface area (Å²) in [6, 6.07) is 4.36. The molecule has 0 heterocycles. The van der Waals surface area contributed by atoms with Gasteiger partial charge in [-0.1, -0.05) is 6.92 Å². The van der Waals surface area contributed by atoms with E-state index < -0.39 is 10.0 Å². The van der Waals surface area contributed by atoms with Crippen molar-refractivity contribution in [3.8, 4) is 11.5 Å². The van der Waals surface area contributed by atoms with Gasteiger partial charge in [0.05, 0.1) is 19.1 Å². The Morgan fingerprint density at radius 3 is 2.42 bits per heavy atom. The van der Waals surface area contributed by atoms with Gasteiger partial charge in [-0.15, -0.1) is 0 Å². The van der Waals surface area contributed by atoms with Crippen LogP contribution in [0, 0.1) is 5.92 Å². The Kier molecular flexibility index (Phi) is 5.59. The van der Waals surface area contributed by atoms with Crippen molar-refractivity contribution < 1.29 is 23.0 Å². The van der Waals surface area contributed by atoms with Crippen LogP contribution in [0.3, 0.4) is 0 Å². The van der Waals surface area contributed by atoms with Gasteiger partial charge < -0.3 is 14.6 Å². The van der Waals surface area contributed by atoms with E-state index in [0.29, 0.717) is 11.5 Å². The number of sulfonamides is 1. The minimum atomic E-state index is -3.62. The van der Waals surface area contributed by atoms with E-state index in [2.05, 4.69) is 4.72 Å². The Balaban J connectivity index is 2.95. The first kappa shape index (κ1) is 15.7. The smallest absolute Gasteiger partial charge is 0.240 e. The van der Waals surface area contributed by atoms with E-state index in [1.807, 2.05) is 0 Å². The summed E-state index contributed by atoms with van der Waals surface area (Å²) in [7, 11) is -0.700. The molecular weight excluding hydrogens is 270 g/mol. The molecule has 0 aliphatic carbocycles. The van der Waals surface area contributed by atoms with Gasteiger partial charge in [0.25, 0.3) is 0 Å². The summed E-state index contributed by atoms with van der Waals surface area (Å²) in [4.78, 5) is 0.0929. The quantitative estimate of drug-likeness (QED) is 0.768. The number of hydrogen-bond donors (Lipinski definition) is 2. The Hall–Kier alpha value is -1.31. The molecule has 0 bridgehead atoms. The summed E-state index contributed by atoms with van der Waals surface area (Å²) in [6.45, 7) is 1.85. The molecule has 1 aromatic carbocycles. The third-order valence-corrected chi connectivity index (χ3v) is 4.02. The molecule has 0 radical (unpaired) electrons. The molecule has 0 aliphatic heterocycles. The highest BCUT2D eigenvalue weighted by Crippen LogP contribution is 2.29. The normalized spacial score (nSPS) is 13.1. The van der Waals surface area contributed by atoms with E-state index in [0.717, 1.165) is 0 Å². The molecule has 0 saturated carbocycles. The molecule has 7 heteroatoms. The van der Waals surface area contributed by atoms with Gasteiger partial charge >= 0.3 is 0 Å². The highest BCUT2D eigenvalue weighted by Gasteiger charge is 2.17. The maximum absolute atomic E-state index is 12.0. The molecule has 2 N–H and O–H groups in total. The zero-order chi connectivity index (χ0) is 14.5. The fraction of sp³-hybridized carbons (Fsp3) is 0.500. The van der Waals surface area contributed by atoms with Crippen molar-refractivity contribution in [1.29, 1.82) is 0 Å². The molecule has 108 valence electrons. The molecule has 1 rings (SSSR count). The Morgan fingerprint density at radius 1 is 1.26 bits per heavy atom. The average molecular weight is 289 g/mol. The second-order valence-electron chi connectivity index (χ2n) is 4.16. The van der Waals surface area contributed by atoms with Crippen LogP contribution in [0.25, 0.3) is 0 Å².